The van der Waals surface area contributed by atoms with Crippen LogP contribution in [-0.4, -0.2) is 59.3 Å². The number of guanidine groups is 1. The molecule has 1 amide bonds. The summed E-state index contributed by atoms with van der Waals surface area (Å²) in [6, 6.07) is 0. The molecule has 0 saturated carbocycles. The third kappa shape index (κ3) is 5.55. The summed E-state index contributed by atoms with van der Waals surface area (Å²) in [6.07, 6.45) is -1.07. The molecule has 0 heterocycles. The standard InChI is InChI=1S/C11H19N3O6/c1-5-19-11(18)14(20-9(17)7(2)3)10(12)13(4)6-8(15)16/h7,12H,5-6H2,1-4H3,(H,15,16). The summed E-state index contributed by atoms with van der Waals surface area (Å²) in [4.78, 5) is 39.4. The van der Waals surface area contributed by atoms with Crippen molar-refractivity contribution in [1.29, 1.82) is 5.41 Å². The molecule has 9 nitrogen and oxygen atoms in total. The molecule has 0 aliphatic heterocycles. The van der Waals surface area contributed by atoms with Crippen LogP contribution in [0.4, 0.5) is 4.79 Å². The molecule has 20 heavy (non-hydrogen) atoms. The summed E-state index contributed by atoms with van der Waals surface area (Å²) in [5.41, 5.74) is 0. The van der Waals surface area contributed by atoms with Crippen LogP contribution in [0.15, 0.2) is 0 Å². The lowest BCUT2D eigenvalue weighted by atomic mass is 10.2. The molecule has 0 fully saturated rings. The maximum atomic E-state index is 11.6. The van der Waals surface area contributed by atoms with Gasteiger partial charge in [-0.05, 0) is 6.92 Å². The normalized spacial score (nSPS) is 9.85. The van der Waals surface area contributed by atoms with Crippen molar-refractivity contribution >= 4 is 24.0 Å². The summed E-state index contributed by atoms with van der Waals surface area (Å²) in [7, 11) is 1.27. The maximum Gasteiger partial charge on any atom is 0.451 e. The minimum Gasteiger partial charge on any atom is -0.480 e. The first-order valence-electron chi connectivity index (χ1n) is 5.90. The number of aliphatic carboxylic acids is 1. The molecule has 0 spiro atoms. The number of hydrogen-bond donors (Lipinski definition) is 2. The molecule has 0 aromatic rings. The topological polar surface area (TPSA) is 120 Å². The van der Waals surface area contributed by atoms with Gasteiger partial charge in [-0.15, -0.1) is 0 Å². The maximum absolute atomic E-state index is 11.6. The Morgan fingerprint density at radius 1 is 1.30 bits per heavy atom. The Morgan fingerprint density at radius 2 is 1.85 bits per heavy atom. The van der Waals surface area contributed by atoms with Gasteiger partial charge in [-0.25, -0.2) is 9.59 Å². The van der Waals surface area contributed by atoms with Crippen LogP contribution in [0.2, 0.25) is 0 Å². The van der Waals surface area contributed by atoms with Gasteiger partial charge in [-0.3, -0.25) is 10.2 Å². The quantitative estimate of drug-likeness (QED) is 0.439. The monoisotopic (exact) mass is 289 g/mol. The molecule has 0 aliphatic rings. The fourth-order valence-electron chi connectivity index (χ4n) is 0.977. The lowest BCUT2D eigenvalue weighted by molar-refractivity contribution is -0.173. The molecular weight excluding hydrogens is 270 g/mol. The zero-order valence-electron chi connectivity index (χ0n) is 11.9. The number of hydrogen-bond acceptors (Lipinski definition) is 6. The van der Waals surface area contributed by atoms with Crippen molar-refractivity contribution in [3.63, 3.8) is 0 Å². The largest absolute Gasteiger partial charge is 0.480 e. The van der Waals surface area contributed by atoms with E-state index in [1.807, 2.05) is 0 Å². The van der Waals surface area contributed by atoms with E-state index in [-0.39, 0.29) is 6.61 Å². The molecule has 0 aromatic heterocycles. The number of carboxylic acids is 1. The number of amides is 1. The molecule has 0 bridgehead atoms. The lowest BCUT2D eigenvalue weighted by Crippen LogP contribution is -2.48. The molecule has 0 unspecified atom stereocenters. The van der Waals surface area contributed by atoms with Crippen LogP contribution in [0.1, 0.15) is 20.8 Å². The summed E-state index contributed by atoms with van der Waals surface area (Å²) in [5.74, 6) is -3.08. The number of carbonyl (C=O) groups excluding carboxylic acids is 2. The van der Waals surface area contributed by atoms with Crippen molar-refractivity contribution in [3.05, 3.63) is 0 Å². The predicted octanol–water partition coefficient (Wildman–Crippen LogP) is 0.510. The molecule has 0 atom stereocenters. The minimum absolute atomic E-state index is 0.0183. The van der Waals surface area contributed by atoms with Crippen LogP contribution in [0.3, 0.4) is 0 Å². The van der Waals surface area contributed by atoms with Gasteiger partial charge in [0.05, 0.1) is 12.5 Å². The van der Waals surface area contributed by atoms with Crippen molar-refractivity contribution in [2.45, 2.75) is 20.8 Å². The van der Waals surface area contributed by atoms with Gasteiger partial charge in [0, 0.05) is 7.05 Å². The van der Waals surface area contributed by atoms with E-state index in [4.69, 9.17) is 15.4 Å². The van der Waals surface area contributed by atoms with Gasteiger partial charge in [-0.1, -0.05) is 18.9 Å². The first-order chi connectivity index (χ1) is 9.20. The minimum atomic E-state index is -1.20. The Labute approximate surface area is 116 Å². The van der Waals surface area contributed by atoms with E-state index in [2.05, 4.69) is 4.74 Å². The number of hydroxylamine groups is 2. The Kier molecular flexibility index (Phi) is 7.05. The number of nitrogens with one attached hydrogen (secondary N) is 1. The summed E-state index contributed by atoms with van der Waals surface area (Å²) < 4.78 is 4.66. The zero-order chi connectivity index (χ0) is 15.9. The van der Waals surface area contributed by atoms with E-state index in [9.17, 15) is 14.4 Å². The highest BCUT2D eigenvalue weighted by molar-refractivity contribution is 5.93. The van der Waals surface area contributed by atoms with E-state index in [1.165, 1.54) is 7.05 Å². The SMILES string of the molecule is CCOC(=O)N(OC(=O)C(C)C)C(=N)N(C)CC(=O)O. The van der Waals surface area contributed by atoms with Crippen molar-refractivity contribution in [1.82, 2.24) is 9.96 Å². The zero-order valence-corrected chi connectivity index (χ0v) is 11.9. The van der Waals surface area contributed by atoms with Crippen LogP contribution in [0, 0.1) is 11.3 Å². The van der Waals surface area contributed by atoms with Gasteiger partial charge in [0.15, 0.2) is 0 Å². The van der Waals surface area contributed by atoms with E-state index >= 15 is 0 Å². The first-order valence-corrected chi connectivity index (χ1v) is 5.90. The number of nitrogens with zero attached hydrogens (tertiary/aromatic N) is 2. The second-order valence-electron chi connectivity index (χ2n) is 4.13. The molecular formula is C11H19N3O6. The van der Waals surface area contributed by atoms with Gasteiger partial charge >= 0.3 is 18.0 Å². The van der Waals surface area contributed by atoms with Crippen molar-refractivity contribution in [2.75, 3.05) is 20.2 Å². The van der Waals surface area contributed by atoms with Gasteiger partial charge in [0.1, 0.15) is 6.54 Å². The van der Waals surface area contributed by atoms with E-state index < -0.39 is 36.5 Å². The summed E-state index contributed by atoms with van der Waals surface area (Å²) >= 11 is 0. The molecule has 2 N–H and O–H groups in total. The Morgan fingerprint density at radius 3 is 2.25 bits per heavy atom. The van der Waals surface area contributed by atoms with Gasteiger partial charge in [0.25, 0.3) is 0 Å². The average Bonchev–Trinajstić information content (AvgIpc) is 2.33. The van der Waals surface area contributed by atoms with Gasteiger partial charge in [0.2, 0.25) is 5.96 Å². The lowest BCUT2D eigenvalue weighted by Gasteiger charge is -2.26. The highest BCUT2D eigenvalue weighted by atomic mass is 16.8. The molecule has 0 radical (unpaired) electrons. The fourth-order valence-corrected chi connectivity index (χ4v) is 0.977. The smallest absolute Gasteiger partial charge is 0.451 e. The summed E-state index contributed by atoms with van der Waals surface area (Å²) in [6.45, 7) is 4.13. The Bertz CT molecular complexity index is 396. The van der Waals surface area contributed by atoms with Crippen LogP contribution < -0.4 is 0 Å². The third-order valence-corrected chi connectivity index (χ3v) is 2.01. The number of ether oxygens (including phenoxy) is 1. The molecule has 114 valence electrons. The van der Waals surface area contributed by atoms with Gasteiger partial charge in [-0.2, -0.15) is 0 Å². The first kappa shape index (κ1) is 17.7. The Balaban J connectivity index is 5.00. The van der Waals surface area contributed by atoms with E-state index in [1.54, 1.807) is 20.8 Å². The second kappa shape index (κ2) is 7.97. The van der Waals surface area contributed by atoms with Crippen LogP contribution >= 0.6 is 0 Å². The third-order valence-electron chi connectivity index (χ3n) is 2.01. The van der Waals surface area contributed by atoms with Crippen molar-refractivity contribution in [2.24, 2.45) is 5.92 Å². The highest BCUT2D eigenvalue weighted by Gasteiger charge is 2.29. The number of carbonyl (C=O) groups is 3. The van der Waals surface area contributed by atoms with E-state index in [0.29, 0.717) is 5.06 Å². The number of likely N-dealkylation sites (N-methyl/N-ethyl adjacent to an activating group) is 1. The molecule has 0 aromatic carbocycles. The van der Waals surface area contributed by atoms with Crippen molar-refractivity contribution in [3.8, 4) is 0 Å². The number of rotatable bonds is 4. The van der Waals surface area contributed by atoms with Crippen LogP contribution in [-0.2, 0) is 19.2 Å². The predicted molar refractivity (Wildman–Crippen MR) is 67.8 cm³/mol. The summed E-state index contributed by atoms with van der Waals surface area (Å²) in [5, 5.41) is 16.7. The van der Waals surface area contributed by atoms with Gasteiger partial charge < -0.3 is 19.6 Å². The second-order valence-corrected chi connectivity index (χ2v) is 4.13. The Hall–Kier alpha value is -2.32. The molecule has 0 saturated heterocycles. The average molecular weight is 289 g/mol. The van der Waals surface area contributed by atoms with Crippen LogP contribution in [0.5, 0.6) is 0 Å². The van der Waals surface area contributed by atoms with E-state index in [0.717, 1.165) is 4.90 Å². The highest BCUT2D eigenvalue weighted by Crippen LogP contribution is 2.05. The molecule has 0 rings (SSSR count). The fraction of sp³-hybridized carbons (Fsp3) is 0.636. The van der Waals surface area contributed by atoms with Crippen LogP contribution in [0.25, 0.3) is 0 Å². The van der Waals surface area contributed by atoms with Crippen molar-refractivity contribution < 1.29 is 29.1 Å². The molecule has 0 aliphatic carbocycles. The molecule has 9 heteroatoms. The number of carboxylic acid groups (broad SMARTS) is 1.